The lowest BCUT2D eigenvalue weighted by atomic mass is 10.1. The van der Waals surface area contributed by atoms with Crippen LogP contribution in [0.1, 0.15) is 6.92 Å². The van der Waals surface area contributed by atoms with Crippen LogP contribution in [0.15, 0.2) is 54.7 Å². The number of amides is 2. The topological polar surface area (TPSA) is 74.3 Å². The molecule has 0 radical (unpaired) electrons. The normalized spacial score (nSPS) is 12.0. The van der Waals surface area contributed by atoms with Gasteiger partial charge in [-0.2, -0.15) is 0 Å². The quantitative estimate of drug-likeness (QED) is 0.605. The van der Waals surface area contributed by atoms with Crippen LogP contribution in [-0.2, 0) is 9.59 Å². The zero-order chi connectivity index (χ0) is 21.0. The second-order valence-electron chi connectivity index (χ2n) is 6.60. The summed E-state index contributed by atoms with van der Waals surface area (Å²) in [5, 5.41) is 7.16. The summed E-state index contributed by atoms with van der Waals surface area (Å²) in [6.45, 7) is 1.72. The maximum Gasteiger partial charge on any atom is 0.241 e. The van der Waals surface area contributed by atoms with Crippen molar-refractivity contribution >= 4 is 57.3 Å². The lowest BCUT2D eigenvalue weighted by Crippen LogP contribution is -2.43. The van der Waals surface area contributed by atoms with Gasteiger partial charge >= 0.3 is 0 Å². The Bertz CT molecular complexity index is 1030. The lowest BCUT2D eigenvalue weighted by molar-refractivity contribution is -0.122. The van der Waals surface area contributed by atoms with Crippen LogP contribution in [0.3, 0.4) is 0 Å². The first-order valence-corrected chi connectivity index (χ1v) is 9.71. The summed E-state index contributed by atoms with van der Waals surface area (Å²) < 4.78 is 0. The number of aromatic nitrogens is 1. The van der Waals surface area contributed by atoms with E-state index in [1.807, 2.05) is 30.3 Å². The summed E-state index contributed by atoms with van der Waals surface area (Å²) in [4.78, 5) is 31.0. The van der Waals surface area contributed by atoms with Crippen molar-refractivity contribution in [3.05, 3.63) is 64.8 Å². The van der Waals surface area contributed by atoms with Gasteiger partial charge in [-0.15, -0.1) is 0 Å². The van der Waals surface area contributed by atoms with E-state index in [9.17, 15) is 9.59 Å². The smallest absolute Gasteiger partial charge is 0.241 e. The predicted molar refractivity (Wildman–Crippen MR) is 118 cm³/mol. The number of likely N-dealkylation sites (N-methyl/N-ethyl adjacent to an activating group) is 1. The Labute approximate surface area is 178 Å². The van der Waals surface area contributed by atoms with Gasteiger partial charge in [0.15, 0.2) is 0 Å². The highest BCUT2D eigenvalue weighted by Gasteiger charge is 2.21. The molecule has 1 heterocycles. The Morgan fingerprint density at radius 3 is 2.45 bits per heavy atom. The molecular weight excluding hydrogens is 411 g/mol. The zero-order valence-electron chi connectivity index (χ0n) is 15.9. The second kappa shape index (κ2) is 9.22. The number of para-hydroxylation sites is 1. The molecule has 0 aliphatic carbocycles. The maximum absolute atomic E-state index is 12.7. The number of fused-ring (bicyclic) bond motifs is 1. The van der Waals surface area contributed by atoms with Crippen LogP contribution in [0.5, 0.6) is 0 Å². The van der Waals surface area contributed by atoms with Crippen LogP contribution >= 0.6 is 23.2 Å². The van der Waals surface area contributed by atoms with Crippen LogP contribution in [-0.4, -0.2) is 41.3 Å². The highest BCUT2D eigenvalue weighted by atomic mass is 35.5. The Morgan fingerprint density at radius 1 is 1.03 bits per heavy atom. The number of nitrogens with zero attached hydrogens (tertiary/aromatic N) is 2. The number of carbonyl (C=O) groups excluding carboxylic acids is 2. The minimum atomic E-state index is -0.547. The maximum atomic E-state index is 12.7. The van der Waals surface area contributed by atoms with Crippen LogP contribution in [0.4, 0.5) is 11.4 Å². The third-order valence-electron chi connectivity index (χ3n) is 4.56. The van der Waals surface area contributed by atoms with Crippen molar-refractivity contribution in [2.24, 2.45) is 0 Å². The van der Waals surface area contributed by atoms with Crippen molar-refractivity contribution in [1.82, 2.24) is 9.88 Å². The summed E-state index contributed by atoms with van der Waals surface area (Å²) in [5.74, 6) is -0.552. The van der Waals surface area contributed by atoms with Crippen molar-refractivity contribution in [2.75, 3.05) is 24.2 Å². The molecule has 0 aliphatic rings. The van der Waals surface area contributed by atoms with E-state index in [0.29, 0.717) is 21.4 Å². The zero-order valence-corrected chi connectivity index (χ0v) is 17.5. The fourth-order valence-electron chi connectivity index (χ4n) is 2.81. The fourth-order valence-corrected chi connectivity index (χ4v) is 3.30. The first-order chi connectivity index (χ1) is 13.9. The molecule has 2 N–H and O–H groups in total. The van der Waals surface area contributed by atoms with Crippen LogP contribution in [0.2, 0.25) is 10.0 Å². The van der Waals surface area contributed by atoms with Crippen molar-refractivity contribution in [3.63, 3.8) is 0 Å². The van der Waals surface area contributed by atoms with Gasteiger partial charge in [0.2, 0.25) is 11.8 Å². The largest absolute Gasteiger partial charge is 0.324 e. The molecule has 2 amide bonds. The molecule has 3 rings (SSSR count). The molecule has 0 saturated heterocycles. The monoisotopic (exact) mass is 430 g/mol. The molecule has 3 aromatic rings. The molecule has 150 valence electrons. The minimum absolute atomic E-state index is 0.00671. The van der Waals surface area contributed by atoms with E-state index in [4.69, 9.17) is 23.2 Å². The van der Waals surface area contributed by atoms with E-state index in [1.165, 1.54) is 0 Å². The van der Waals surface area contributed by atoms with E-state index < -0.39 is 6.04 Å². The van der Waals surface area contributed by atoms with Gasteiger partial charge in [0, 0.05) is 11.6 Å². The van der Waals surface area contributed by atoms with Crippen molar-refractivity contribution < 1.29 is 9.59 Å². The third kappa shape index (κ3) is 5.03. The number of halogens is 2. The van der Waals surface area contributed by atoms with Crippen molar-refractivity contribution in [1.29, 1.82) is 0 Å². The van der Waals surface area contributed by atoms with E-state index in [-0.39, 0.29) is 18.4 Å². The molecular formula is C21H20Cl2N4O2. The number of anilines is 2. The number of nitrogens with one attached hydrogen (secondary N) is 2. The molecule has 0 bridgehead atoms. The van der Waals surface area contributed by atoms with Gasteiger partial charge in [-0.05, 0) is 50.4 Å². The number of hydrogen-bond acceptors (Lipinski definition) is 4. The first kappa shape index (κ1) is 21.0. The van der Waals surface area contributed by atoms with Gasteiger partial charge in [-0.3, -0.25) is 19.5 Å². The number of carbonyl (C=O) groups is 2. The number of hydrogen-bond donors (Lipinski definition) is 2. The Hall–Kier alpha value is -2.67. The van der Waals surface area contributed by atoms with E-state index in [1.54, 1.807) is 43.3 Å². The molecule has 6 nitrogen and oxygen atoms in total. The molecule has 1 atom stereocenters. The molecule has 8 heteroatoms. The van der Waals surface area contributed by atoms with E-state index in [2.05, 4.69) is 15.6 Å². The van der Waals surface area contributed by atoms with E-state index >= 15 is 0 Å². The summed E-state index contributed by atoms with van der Waals surface area (Å²) in [5.41, 5.74) is 1.82. The van der Waals surface area contributed by atoms with Crippen molar-refractivity contribution in [2.45, 2.75) is 13.0 Å². The Morgan fingerprint density at radius 2 is 1.72 bits per heavy atom. The summed E-state index contributed by atoms with van der Waals surface area (Å²) in [6.07, 6.45) is 1.70. The Kier molecular flexibility index (Phi) is 6.69. The van der Waals surface area contributed by atoms with Gasteiger partial charge < -0.3 is 10.6 Å². The summed E-state index contributed by atoms with van der Waals surface area (Å²) in [6, 6.07) is 13.7. The molecule has 1 aromatic heterocycles. The average molecular weight is 431 g/mol. The third-order valence-corrected chi connectivity index (χ3v) is 5.19. The minimum Gasteiger partial charge on any atom is -0.324 e. The van der Waals surface area contributed by atoms with E-state index in [0.717, 1.165) is 10.9 Å². The van der Waals surface area contributed by atoms with Crippen molar-refractivity contribution in [3.8, 4) is 0 Å². The Balaban J connectivity index is 1.64. The summed E-state index contributed by atoms with van der Waals surface area (Å²) in [7, 11) is 1.70. The first-order valence-electron chi connectivity index (χ1n) is 8.95. The van der Waals surface area contributed by atoms with Gasteiger partial charge in [-0.1, -0.05) is 35.3 Å². The molecule has 0 unspecified atom stereocenters. The lowest BCUT2D eigenvalue weighted by Gasteiger charge is -2.23. The summed E-state index contributed by atoms with van der Waals surface area (Å²) >= 11 is 12.2. The number of benzene rings is 2. The van der Waals surface area contributed by atoms with Crippen LogP contribution in [0.25, 0.3) is 10.9 Å². The molecule has 0 fully saturated rings. The standard InChI is InChI=1S/C21H20Cl2N4O2/c1-13(21(29)25-18-10-4-9-17-14(18)6-5-11-24-17)27(2)12-19(28)26-20-15(22)7-3-8-16(20)23/h3-11,13H,12H2,1-2H3,(H,25,29)(H,26,28)/t13-/m0/s1. The number of rotatable bonds is 6. The average Bonchev–Trinajstić information content (AvgIpc) is 2.70. The molecule has 0 saturated carbocycles. The molecule has 2 aromatic carbocycles. The highest BCUT2D eigenvalue weighted by Crippen LogP contribution is 2.29. The predicted octanol–water partition coefficient (Wildman–Crippen LogP) is 4.44. The SMILES string of the molecule is C[C@@H](C(=O)Nc1cccc2ncccc12)N(C)CC(=O)Nc1c(Cl)cccc1Cl. The molecule has 0 spiro atoms. The van der Waals surface area contributed by atoms with Crippen LogP contribution in [0, 0.1) is 0 Å². The fraction of sp³-hybridized carbons (Fsp3) is 0.190. The second-order valence-corrected chi connectivity index (χ2v) is 7.42. The van der Waals surface area contributed by atoms with Gasteiger partial charge in [0.05, 0.1) is 39.5 Å². The van der Waals surface area contributed by atoms with Gasteiger partial charge in [0.25, 0.3) is 0 Å². The molecule has 29 heavy (non-hydrogen) atoms. The van der Waals surface area contributed by atoms with Gasteiger partial charge in [-0.25, -0.2) is 0 Å². The van der Waals surface area contributed by atoms with Gasteiger partial charge in [0.1, 0.15) is 0 Å². The number of pyridine rings is 1. The highest BCUT2D eigenvalue weighted by molar-refractivity contribution is 6.39. The molecule has 0 aliphatic heterocycles. The van der Waals surface area contributed by atoms with Crippen LogP contribution < -0.4 is 10.6 Å².